The quantitative estimate of drug-likeness (QED) is 0.367. The average Bonchev–Trinajstić information content (AvgIpc) is 3.12. The fourth-order valence-electron chi connectivity index (χ4n) is 3.34. The van der Waals surface area contributed by atoms with Crippen LogP contribution in [0.2, 0.25) is 5.02 Å². The molecule has 0 fully saturated rings. The zero-order chi connectivity index (χ0) is 24.1. The lowest BCUT2D eigenvalue weighted by atomic mass is 10.0. The smallest absolute Gasteiger partial charge is 0.198 e. The van der Waals surface area contributed by atoms with Gasteiger partial charge in [-0.1, -0.05) is 11.6 Å². The van der Waals surface area contributed by atoms with E-state index >= 15 is 0 Å². The van der Waals surface area contributed by atoms with Gasteiger partial charge in [-0.15, -0.1) is 0 Å². The van der Waals surface area contributed by atoms with Gasteiger partial charge in [-0.3, -0.25) is 9.59 Å². The maximum Gasteiger partial charge on any atom is 0.198 e. The minimum absolute atomic E-state index is 0.0315. The minimum atomic E-state index is -0.644. The van der Waals surface area contributed by atoms with Gasteiger partial charge in [0.1, 0.15) is 19.1 Å². The van der Waals surface area contributed by atoms with Crippen LogP contribution in [0.1, 0.15) is 39.5 Å². The Morgan fingerprint density at radius 1 is 1.09 bits per heavy atom. The molecule has 0 atom stereocenters. The van der Waals surface area contributed by atoms with Crippen molar-refractivity contribution >= 4 is 23.2 Å². The van der Waals surface area contributed by atoms with Crippen molar-refractivity contribution in [2.45, 2.75) is 19.8 Å². The third-order valence-electron chi connectivity index (χ3n) is 5.22. The molecule has 0 aliphatic carbocycles. The predicted octanol–water partition coefficient (Wildman–Crippen LogP) is 5.39. The molecule has 0 N–H and O–H groups in total. The van der Waals surface area contributed by atoms with Gasteiger partial charge in [0.05, 0.1) is 17.8 Å². The highest BCUT2D eigenvalue weighted by atomic mass is 35.5. The molecular formula is C24H23ClF2N2O4. The molecule has 1 aromatic heterocycles. The van der Waals surface area contributed by atoms with Gasteiger partial charge in [-0.25, -0.2) is 13.8 Å². The molecule has 0 aliphatic heterocycles. The van der Waals surface area contributed by atoms with Crippen LogP contribution in [0.4, 0.5) is 8.78 Å². The topological polar surface area (TPSA) is 70.4 Å². The molecule has 33 heavy (non-hydrogen) atoms. The molecule has 2 aromatic carbocycles. The van der Waals surface area contributed by atoms with Gasteiger partial charge in [0, 0.05) is 36.7 Å². The Morgan fingerprint density at radius 3 is 2.48 bits per heavy atom. The summed E-state index contributed by atoms with van der Waals surface area (Å²) < 4.78 is 37.9. The first kappa shape index (κ1) is 24.4. The summed E-state index contributed by atoms with van der Waals surface area (Å²) in [5, 5.41) is -0.0347. The standard InChI is InChI=1S/C24H23ClF2N2O4/c1-14-23(16-4-6-18(27)17(25)12-16)28-24(29(14)2)20(31)8-7-19(30)15-5-9-21(33-11-10-26)22(13-15)32-3/h4-6,9,12-13H,7-8,10-11H2,1-3H3. The predicted molar refractivity (Wildman–Crippen MR) is 121 cm³/mol. The highest BCUT2D eigenvalue weighted by Crippen LogP contribution is 2.30. The van der Waals surface area contributed by atoms with Crippen molar-refractivity contribution in [3.63, 3.8) is 0 Å². The van der Waals surface area contributed by atoms with Crippen LogP contribution in [0, 0.1) is 12.7 Å². The lowest BCUT2D eigenvalue weighted by molar-refractivity contribution is 0.0910. The molecule has 0 bridgehead atoms. The number of rotatable bonds is 10. The molecule has 0 amide bonds. The Kier molecular flexibility index (Phi) is 7.81. The Morgan fingerprint density at radius 2 is 1.82 bits per heavy atom. The number of ketones is 2. The number of hydrogen-bond acceptors (Lipinski definition) is 5. The second kappa shape index (κ2) is 10.6. The first-order valence-electron chi connectivity index (χ1n) is 10.2. The highest BCUT2D eigenvalue weighted by Gasteiger charge is 2.21. The molecule has 0 saturated heterocycles. The molecule has 0 radical (unpaired) electrons. The van der Waals surface area contributed by atoms with Crippen molar-refractivity contribution in [3.05, 3.63) is 64.3 Å². The fourth-order valence-corrected chi connectivity index (χ4v) is 3.52. The van der Waals surface area contributed by atoms with Gasteiger partial charge in [-0.2, -0.15) is 0 Å². The first-order chi connectivity index (χ1) is 15.8. The van der Waals surface area contributed by atoms with Crippen LogP contribution in [-0.2, 0) is 7.05 Å². The summed E-state index contributed by atoms with van der Waals surface area (Å²) >= 11 is 5.88. The monoisotopic (exact) mass is 476 g/mol. The highest BCUT2D eigenvalue weighted by molar-refractivity contribution is 6.31. The Balaban J connectivity index is 1.73. The Labute approximate surface area is 195 Å². The number of methoxy groups -OCH3 is 1. The number of ether oxygens (including phenoxy) is 2. The summed E-state index contributed by atoms with van der Waals surface area (Å²) in [6.07, 6.45) is -0.0779. The fraction of sp³-hybridized carbons (Fsp3) is 0.292. The van der Waals surface area contributed by atoms with Crippen LogP contribution in [0.5, 0.6) is 11.5 Å². The molecule has 0 spiro atoms. The zero-order valence-electron chi connectivity index (χ0n) is 18.5. The van der Waals surface area contributed by atoms with Gasteiger partial charge in [0.15, 0.2) is 28.9 Å². The molecule has 0 aliphatic rings. The SMILES string of the molecule is COc1cc(C(=O)CCC(=O)c2nc(-c3ccc(F)c(Cl)c3)c(C)n2C)ccc1OCCF. The third kappa shape index (κ3) is 5.39. The van der Waals surface area contributed by atoms with E-state index in [0.29, 0.717) is 34.0 Å². The molecule has 6 nitrogen and oxygen atoms in total. The maximum absolute atomic E-state index is 13.5. The largest absolute Gasteiger partial charge is 0.493 e. The van der Waals surface area contributed by atoms with E-state index in [0.717, 1.165) is 0 Å². The summed E-state index contributed by atoms with van der Waals surface area (Å²) in [6.45, 7) is 1.03. The number of Topliss-reactive ketones (excluding diaryl/α,β-unsaturated/α-hetero) is 2. The van der Waals surface area contributed by atoms with Crippen molar-refractivity contribution in [2.24, 2.45) is 7.05 Å². The van der Waals surface area contributed by atoms with Crippen molar-refractivity contribution in [2.75, 3.05) is 20.4 Å². The lowest BCUT2D eigenvalue weighted by Crippen LogP contribution is -2.11. The number of benzene rings is 2. The number of halogens is 3. The van der Waals surface area contributed by atoms with Crippen LogP contribution < -0.4 is 9.47 Å². The van der Waals surface area contributed by atoms with Crippen LogP contribution in [0.15, 0.2) is 36.4 Å². The van der Waals surface area contributed by atoms with E-state index in [1.54, 1.807) is 30.7 Å². The Bertz CT molecular complexity index is 1190. The number of alkyl halides is 1. The van der Waals surface area contributed by atoms with Gasteiger partial charge in [0.2, 0.25) is 0 Å². The summed E-state index contributed by atoms with van der Waals surface area (Å²) in [4.78, 5) is 29.9. The van der Waals surface area contributed by atoms with Crippen molar-refractivity contribution in [1.29, 1.82) is 0 Å². The second-order valence-corrected chi connectivity index (χ2v) is 7.71. The number of aromatic nitrogens is 2. The van der Waals surface area contributed by atoms with Crippen molar-refractivity contribution < 1.29 is 27.8 Å². The lowest BCUT2D eigenvalue weighted by Gasteiger charge is -2.11. The van der Waals surface area contributed by atoms with Crippen molar-refractivity contribution in [3.8, 4) is 22.8 Å². The molecule has 174 valence electrons. The number of nitrogens with zero attached hydrogens (tertiary/aromatic N) is 2. The number of carbonyl (C=O) groups excluding carboxylic acids is 2. The average molecular weight is 477 g/mol. The van der Waals surface area contributed by atoms with E-state index in [9.17, 15) is 18.4 Å². The summed E-state index contributed by atoms with van der Waals surface area (Å²) in [6, 6.07) is 8.83. The van der Waals surface area contributed by atoms with Gasteiger partial charge >= 0.3 is 0 Å². The van der Waals surface area contributed by atoms with E-state index < -0.39 is 12.5 Å². The number of hydrogen-bond donors (Lipinski definition) is 0. The summed E-state index contributed by atoms with van der Waals surface area (Å²) in [7, 11) is 3.12. The van der Waals surface area contributed by atoms with Crippen LogP contribution in [0.3, 0.4) is 0 Å². The molecule has 1 heterocycles. The Hall–Kier alpha value is -3.26. The first-order valence-corrected chi connectivity index (χ1v) is 10.6. The van der Waals surface area contributed by atoms with Crippen LogP contribution in [-0.4, -0.2) is 41.5 Å². The van der Waals surface area contributed by atoms with E-state index in [1.165, 1.54) is 31.4 Å². The van der Waals surface area contributed by atoms with Crippen molar-refractivity contribution in [1.82, 2.24) is 9.55 Å². The number of carbonyl (C=O) groups is 2. The minimum Gasteiger partial charge on any atom is -0.493 e. The zero-order valence-corrected chi connectivity index (χ0v) is 19.2. The molecule has 9 heteroatoms. The van der Waals surface area contributed by atoms with E-state index in [1.807, 2.05) is 0 Å². The maximum atomic E-state index is 13.5. The van der Waals surface area contributed by atoms with Gasteiger partial charge in [-0.05, 0) is 43.3 Å². The molecule has 3 aromatic rings. The van der Waals surface area contributed by atoms with E-state index in [4.69, 9.17) is 21.1 Å². The van der Waals surface area contributed by atoms with Crippen LogP contribution in [0.25, 0.3) is 11.3 Å². The second-order valence-electron chi connectivity index (χ2n) is 7.31. The van der Waals surface area contributed by atoms with Gasteiger partial charge < -0.3 is 14.0 Å². The normalized spacial score (nSPS) is 10.8. The molecule has 0 unspecified atom stereocenters. The van der Waals surface area contributed by atoms with E-state index in [2.05, 4.69) is 4.98 Å². The van der Waals surface area contributed by atoms with E-state index in [-0.39, 0.29) is 41.9 Å². The van der Waals surface area contributed by atoms with Gasteiger partial charge in [0.25, 0.3) is 0 Å². The summed E-state index contributed by atoms with van der Waals surface area (Å²) in [5.41, 5.74) is 2.17. The van der Waals surface area contributed by atoms with Crippen LogP contribution >= 0.6 is 11.6 Å². The summed E-state index contributed by atoms with van der Waals surface area (Å²) in [5.74, 6) is -0.258. The number of imidazole rings is 1. The molecule has 3 rings (SSSR count). The third-order valence-corrected chi connectivity index (χ3v) is 5.51. The molecule has 0 saturated carbocycles. The molecular weight excluding hydrogens is 454 g/mol.